The molecule has 8 nitrogen and oxygen atoms in total. The van der Waals surface area contributed by atoms with E-state index in [2.05, 4.69) is 25.8 Å². The number of hydrogen-bond donors (Lipinski definition) is 3. The smallest absolute Gasteiger partial charge is 0.278 e. The van der Waals surface area contributed by atoms with Gasteiger partial charge in [0.1, 0.15) is 0 Å². The molecule has 0 bridgehead atoms. The van der Waals surface area contributed by atoms with Crippen molar-refractivity contribution in [3.05, 3.63) is 62.9 Å². The Hall–Kier alpha value is -3.46. The van der Waals surface area contributed by atoms with Crippen molar-refractivity contribution in [2.75, 3.05) is 10.6 Å². The Morgan fingerprint density at radius 1 is 1.06 bits per heavy atom. The second-order valence-corrected chi connectivity index (χ2v) is 9.44. The highest BCUT2D eigenvalue weighted by Gasteiger charge is 2.22. The van der Waals surface area contributed by atoms with Crippen LogP contribution in [0.2, 0.25) is 0 Å². The first-order chi connectivity index (χ1) is 16.1. The van der Waals surface area contributed by atoms with Gasteiger partial charge in [-0.3, -0.25) is 19.4 Å². The molecule has 1 atom stereocenters. The van der Waals surface area contributed by atoms with Crippen LogP contribution in [0.4, 0.5) is 11.4 Å². The Kier molecular flexibility index (Phi) is 7.88. The quantitative estimate of drug-likeness (QED) is 0.429. The van der Waals surface area contributed by atoms with E-state index in [-0.39, 0.29) is 22.7 Å². The highest BCUT2D eigenvalue weighted by atomic mass is 32.2. The summed E-state index contributed by atoms with van der Waals surface area (Å²) in [6.45, 7) is 11.0. The highest BCUT2D eigenvalue weighted by Crippen LogP contribution is 2.30. The molecule has 1 aromatic heterocycles. The standard InChI is InChI=1S/C25H29N5O3S/c1-7-20(23(32)27-19-10-8-9-14(3)16(19)5)34-25-28-24(33)22(29-30-25)18-12-13(2)11-15(4)21(18)26-17(6)31/h8-12,20H,7H2,1-6H3,(H,26,31)(H,27,32)(H,28,30,33)/t20-/m1/s1. The van der Waals surface area contributed by atoms with Crippen molar-refractivity contribution in [1.82, 2.24) is 15.2 Å². The molecule has 0 aliphatic heterocycles. The van der Waals surface area contributed by atoms with Crippen LogP contribution < -0.4 is 16.2 Å². The molecule has 0 spiro atoms. The number of nitrogens with one attached hydrogen (secondary N) is 3. The van der Waals surface area contributed by atoms with Gasteiger partial charge in [0.25, 0.3) is 5.56 Å². The summed E-state index contributed by atoms with van der Waals surface area (Å²) in [5.41, 5.74) is 5.29. The van der Waals surface area contributed by atoms with Gasteiger partial charge in [0.2, 0.25) is 11.8 Å². The third-order valence-corrected chi connectivity index (χ3v) is 6.73. The van der Waals surface area contributed by atoms with E-state index in [0.717, 1.165) is 39.7 Å². The second kappa shape index (κ2) is 10.6. The summed E-state index contributed by atoms with van der Waals surface area (Å²) in [6, 6.07) is 9.46. The normalized spacial score (nSPS) is 11.7. The van der Waals surface area contributed by atoms with E-state index < -0.39 is 10.8 Å². The van der Waals surface area contributed by atoms with Gasteiger partial charge in [-0.1, -0.05) is 42.4 Å². The van der Waals surface area contributed by atoms with Crippen molar-refractivity contribution in [3.8, 4) is 11.3 Å². The van der Waals surface area contributed by atoms with Crippen LogP contribution in [0, 0.1) is 27.7 Å². The van der Waals surface area contributed by atoms with Crippen LogP contribution in [-0.2, 0) is 9.59 Å². The minimum Gasteiger partial charge on any atom is -0.325 e. The summed E-state index contributed by atoms with van der Waals surface area (Å²) in [4.78, 5) is 40.3. The molecule has 0 saturated heterocycles. The predicted octanol–water partition coefficient (Wildman–Crippen LogP) is 4.53. The van der Waals surface area contributed by atoms with E-state index in [1.54, 1.807) is 6.07 Å². The van der Waals surface area contributed by atoms with Crippen LogP contribution in [0.25, 0.3) is 11.3 Å². The van der Waals surface area contributed by atoms with E-state index in [1.807, 2.05) is 58.9 Å². The van der Waals surface area contributed by atoms with Crippen molar-refractivity contribution in [2.45, 2.75) is 58.4 Å². The van der Waals surface area contributed by atoms with E-state index in [0.29, 0.717) is 17.7 Å². The molecule has 0 aliphatic carbocycles. The average molecular weight is 480 g/mol. The van der Waals surface area contributed by atoms with Crippen LogP contribution >= 0.6 is 11.8 Å². The van der Waals surface area contributed by atoms with Crippen molar-refractivity contribution in [3.63, 3.8) is 0 Å². The van der Waals surface area contributed by atoms with Crippen LogP contribution in [0.1, 0.15) is 42.5 Å². The number of benzene rings is 2. The summed E-state index contributed by atoms with van der Waals surface area (Å²) < 4.78 is 0. The molecule has 3 aromatic rings. The summed E-state index contributed by atoms with van der Waals surface area (Å²) >= 11 is 1.15. The number of nitrogens with zero attached hydrogens (tertiary/aromatic N) is 2. The topological polar surface area (TPSA) is 117 Å². The van der Waals surface area contributed by atoms with Gasteiger partial charge in [-0.2, -0.15) is 0 Å². The zero-order valence-electron chi connectivity index (χ0n) is 20.2. The average Bonchev–Trinajstić information content (AvgIpc) is 2.77. The minimum atomic E-state index is -0.466. The number of carbonyl (C=O) groups is 2. The summed E-state index contributed by atoms with van der Waals surface area (Å²) in [6.07, 6.45) is 0.538. The molecule has 9 heteroatoms. The van der Waals surface area contributed by atoms with Crippen LogP contribution in [0.15, 0.2) is 40.3 Å². The number of carbonyl (C=O) groups excluding carboxylic acids is 2. The fourth-order valence-electron chi connectivity index (χ4n) is 3.60. The molecule has 2 aromatic carbocycles. The number of amides is 2. The third-order valence-electron chi connectivity index (χ3n) is 5.49. The summed E-state index contributed by atoms with van der Waals surface area (Å²) in [5.74, 6) is -0.416. The SMILES string of the molecule is CC[C@@H](Sc1nnc(-c2cc(C)cc(C)c2NC(C)=O)c(=O)[nH]1)C(=O)Nc1cccc(C)c1C. The molecule has 0 radical (unpaired) electrons. The van der Waals surface area contributed by atoms with E-state index >= 15 is 0 Å². The molecule has 34 heavy (non-hydrogen) atoms. The Morgan fingerprint density at radius 3 is 2.44 bits per heavy atom. The first-order valence-electron chi connectivity index (χ1n) is 11.0. The van der Waals surface area contributed by atoms with Gasteiger partial charge in [-0.15, -0.1) is 10.2 Å². The van der Waals surface area contributed by atoms with Crippen LogP contribution in [0.5, 0.6) is 0 Å². The summed E-state index contributed by atoms with van der Waals surface area (Å²) in [5, 5.41) is 13.9. The lowest BCUT2D eigenvalue weighted by Crippen LogP contribution is -2.26. The second-order valence-electron chi connectivity index (χ2n) is 8.24. The van der Waals surface area contributed by atoms with Gasteiger partial charge in [0, 0.05) is 18.2 Å². The van der Waals surface area contributed by atoms with Crippen molar-refractivity contribution in [1.29, 1.82) is 0 Å². The molecule has 0 unspecified atom stereocenters. The van der Waals surface area contributed by atoms with E-state index in [1.165, 1.54) is 6.92 Å². The molecule has 0 saturated carbocycles. The maximum atomic E-state index is 12.9. The number of H-pyrrole nitrogens is 1. The lowest BCUT2D eigenvalue weighted by Gasteiger charge is -2.16. The number of thioether (sulfide) groups is 1. The Labute approximate surface area is 203 Å². The first kappa shape index (κ1) is 25.2. The Balaban J connectivity index is 1.86. The predicted molar refractivity (Wildman–Crippen MR) is 136 cm³/mol. The van der Waals surface area contributed by atoms with Gasteiger partial charge in [-0.25, -0.2) is 0 Å². The van der Waals surface area contributed by atoms with Crippen LogP contribution in [0.3, 0.4) is 0 Å². The van der Waals surface area contributed by atoms with Gasteiger partial charge in [0.05, 0.1) is 10.9 Å². The van der Waals surface area contributed by atoms with E-state index in [9.17, 15) is 14.4 Å². The van der Waals surface area contributed by atoms with Crippen LogP contribution in [-0.4, -0.2) is 32.2 Å². The fraction of sp³-hybridized carbons (Fsp3) is 0.320. The monoisotopic (exact) mass is 479 g/mol. The zero-order chi connectivity index (χ0) is 25.0. The Bertz CT molecular complexity index is 1300. The van der Waals surface area contributed by atoms with Crippen molar-refractivity contribution in [2.24, 2.45) is 0 Å². The fourth-order valence-corrected chi connectivity index (χ4v) is 4.45. The van der Waals surface area contributed by atoms with Gasteiger partial charge < -0.3 is 10.6 Å². The highest BCUT2D eigenvalue weighted by molar-refractivity contribution is 8.00. The number of anilines is 2. The molecule has 0 fully saturated rings. The first-order valence-corrected chi connectivity index (χ1v) is 11.9. The maximum Gasteiger partial charge on any atom is 0.278 e. The molecular formula is C25H29N5O3S. The maximum absolute atomic E-state index is 12.9. The lowest BCUT2D eigenvalue weighted by atomic mass is 10.0. The van der Waals surface area contributed by atoms with Gasteiger partial charge >= 0.3 is 0 Å². The number of hydrogen-bond acceptors (Lipinski definition) is 6. The number of aromatic amines is 1. The molecule has 2 amide bonds. The van der Waals surface area contributed by atoms with Crippen molar-refractivity contribution < 1.29 is 9.59 Å². The van der Waals surface area contributed by atoms with Crippen molar-refractivity contribution >= 4 is 35.0 Å². The molecule has 1 heterocycles. The number of aryl methyl sites for hydroxylation is 3. The molecular weight excluding hydrogens is 450 g/mol. The van der Waals surface area contributed by atoms with Gasteiger partial charge in [-0.05, 0) is 62.9 Å². The molecule has 178 valence electrons. The minimum absolute atomic E-state index is 0.104. The largest absolute Gasteiger partial charge is 0.325 e. The molecule has 3 rings (SSSR count). The lowest BCUT2D eigenvalue weighted by molar-refractivity contribution is -0.116. The Morgan fingerprint density at radius 2 is 1.79 bits per heavy atom. The molecule has 3 N–H and O–H groups in total. The van der Waals surface area contributed by atoms with E-state index in [4.69, 9.17) is 0 Å². The number of rotatable bonds is 7. The number of aromatic nitrogens is 3. The van der Waals surface area contributed by atoms with Gasteiger partial charge in [0.15, 0.2) is 10.9 Å². The third kappa shape index (κ3) is 5.72. The zero-order valence-corrected chi connectivity index (χ0v) is 21.0. The summed E-state index contributed by atoms with van der Waals surface area (Å²) in [7, 11) is 0. The molecule has 0 aliphatic rings.